The van der Waals surface area contributed by atoms with E-state index in [0.717, 1.165) is 46.8 Å². The Morgan fingerprint density at radius 1 is 0.897 bits per heavy atom. The molecule has 0 spiro atoms. The van der Waals surface area contributed by atoms with Crippen molar-refractivity contribution in [2.24, 2.45) is 4.40 Å². The summed E-state index contributed by atoms with van der Waals surface area (Å²) < 4.78 is 28.1. The van der Waals surface area contributed by atoms with Gasteiger partial charge in [-0.3, -0.25) is 0 Å². The van der Waals surface area contributed by atoms with Crippen LogP contribution in [0.5, 0.6) is 17.2 Å². The molecule has 5 heteroatoms. The van der Waals surface area contributed by atoms with Crippen molar-refractivity contribution >= 4 is 22.8 Å². The number of hydrogen-bond donors (Lipinski definition) is 0. The highest BCUT2D eigenvalue weighted by atomic mass is 32.2. The van der Waals surface area contributed by atoms with E-state index in [9.17, 15) is 4.21 Å². The molecule has 0 fully saturated rings. The molecule has 29 heavy (non-hydrogen) atoms. The van der Waals surface area contributed by atoms with Crippen molar-refractivity contribution < 1.29 is 13.7 Å². The van der Waals surface area contributed by atoms with E-state index in [1.54, 1.807) is 11.6 Å². The van der Waals surface area contributed by atoms with Crippen LogP contribution < -0.4 is 9.47 Å². The average Bonchev–Trinajstić information content (AvgIpc) is 3.36. The zero-order chi connectivity index (χ0) is 19.6. The molecule has 0 bridgehead atoms. The topological polar surface area (TPSA) is 47.9 Å². The summed E-state index contributed by atoms with van der Waals surface area (Å²) in [4.78, 5) is 0. The molecule has 0 radical (unpaired) electrons. The summed E-state index contributed by atoms with van der Waals surface area (Å²) in [5.41, 5.74) is 4.10. The minimum atomic E-state index is -1.29. The first kappa shape index (κ1) is 17.9. The van der Waals surface area contributed by atoms with Gasteiger partial charge in [-0.05, 0) is 42.7 Å². The summed E-state index contributed by atoms with van der Waals surface area (Å²) >= 11 is 0. The van der Waals surface area contributed by atoms with Crippen LogP contribution in [0.25, 0.3) is 5.57 Å². The summed E-state index contributed by atoms with van der Waals surface area (Å²) in [6, 6.07) is 23.8. The highest BCUT2D eigenvalue weighted by Crippen LogP contribution is 2.42. The van der Waals surface area contributed by atoms with E-state index in [-0.39, 0.29) is 6.10 Å². The molecule has 144 valence electrons. The number of nitrogens with zero attached hydrogens (tertiary/aromatic N) is 1. The maximum atomic E-state index is 11.6. The summed E-state index contributed by atoms with van der Waals surface area (Å²) in [6.07, 6.45) is 3.39. The van der Waals surface area contributed by atoms with E-state index in [2.05, 4.69) is 10.5 Å². The molecule has 1 unspecified atom stereocenters. The number of benzene rings is 3. The van der Waals surface area contributed by atoms with Gasteiger partial charge in [-0.25, -0.2) is 4.21 Å². The second-order valence-corrected chi connectivity index (χ2v) is 7.96. The molecule has 0 saturated carbocycles. The van der Waals surface area contributed by atoms with Crippen LogP contribution in [0.3, 0.4) is 0 Å². The molecular weight excluding hydrogens is 382 g/mol. The van der Waals surface area contributed by atoms with Crippen LogP contribution >= 0.6 is 0 Å². The van der Waals surface area contributed by atoms with Crippen molar-refractivity contribution in [2.45, 2.75) is 18.9 Å². The van der Waals surface area contributed by atoms with Crippen molar-refractivity contribution in [3.8, 4) is 17.2 Å². The van der Waals surface area contributed by atoms with Crippen LogP contribution in [0, 0.1) is 0 Å². The molecule has 4 nitrogen and oxygen atoms in total. The minimum absolute atomic E-state index is 0.0464. The fourth-order valence-corrected chi connectivity index (χ4v) is 4.47. The predicted octanol–water partition coefficient (Wildman–Crippen LogP) is 5.63. The SMILES string of the molecule is O=S1C=C(c2ccccc2O[C@@H]2CCc3c(Oc4ccccc4)cccc32)C=N1. The second kappa shape index (κ2) is 7.68. The minimum Gasteiger partial charge on any atom is -0.485 e. The smallest absolute Gasteiger partial charge is 0.165 e. The Balaban J connectivity index is 1.43. The lowest BCUT2D eigenvalue weighted by molar-refractivity contribution is 0.207. The highest BCUT2D eigenvalue weighted by Gasteiger charge is 2.28. The molecule has 3 aromatic carbocycles. The van der Waals surface area contributed by atoms with Gasteiger partial charge in [-0.15, -0.1) is 0 Å². The van der Waals surface area contributed by atoms with Gasteiger partial charge in [-0.2, -0.15) is 4.40 Å². The lowest BCUT2D eigenvalue weighted by Crippen LogP contribution is -2.05. The third-order valence-corrected chi connectivity index (χ3v) is 5.90. The Morgan fingerprint density at radius 2 is 1.69 bits per heavy atom. The maximum absolute atomic E-state index is 11.6. The number of para-hydroxylation sites is 2. The van der Waals surface area contributed by atoms with Gasteiger partial charge in [-0.1, -0.05) is 48.5 Å². The Morgan fingerprint density at radius 3 is 2.52 bits per heavy atom. The normalized spacial score (nSPS) is 19.7. The number of ether oxygens (including phenoxy) is 2. The van der Waals surface area contributed by atoms with Gasteiger partial charge in [0.15, 0.2) is 11.0 Å². The standard InChI is InChI=1S/C24H19NO3S/c26-29-16-17(15-25-29)19-9-4-5-11-22(19)28-24-14-13-21-20(24)10-6-12-23(21)27-18-7-2-1-3-8-18/h1-12,15-16,24H,13-14H2/t24-,29?/m1/s1. The molecule has 1 aliphatic heterocycles. The van der Waals surface area contributed by atoms with E-state index in [0.29, 0.717) is 0 Å². The molecule has 0 N–H and O–H groups in total. The van der Waals surface area contributed by atoms with Crippen LogP contribution in [-0.4, -0.2) is 10.4 Å². The summed E-state index contributed by atoms with van der Waals surface area (Å²) in [6.45, 7) is 0. The monoisotopic (exact) mass is 401 g/mol. The Bertz CT molecular complexity index is 1140. The van der Waals surface area contributed by atoms with Gasteiger partial charge in [0.05, 0.1) is 0 Å². The predicted molar refractivity (Wildman–Crippen MR) is 116 cm³/mol. The summed E-state index contributed by atoms with van der Waals surface area (Å²) in [5.74, 6) is 2.49. The van der Waals surface area contributed by atoms with E-state index >= 15 is 0 Å². The van der Waals surface area contributed by atoms with Gasteiger partial charge in [0.1, 0.15) is 23.4 Å². The molecule has 0 saturated heterocycles. The number of fused-ring (bicyclic) bond motifs is 1. The molecule has 5 rings (SSSR count). The van der Waals surface area contributed by atoms with Gasteiger partial charge >= 0.3 is 0 Å². The first-order chi connectivity index (χ1) is 14.3. The van der Waals surface area contributed by atoms with Gasteiger partial charge in [0, 0.05) is 28.3 Å². The van der Waals surface area contributed by atoms with E-state index in [1.165, 1.54) is 5.56 Å². The van der Waals surface area contributed by atoms with Gasteiger partial charge < -0.3 is 9.47 Å². The molecule has 0 aromatic heterocycles. The molecule has 1 aliphatic carbocycles. The Kier molecular flexibility index (Phi) is 4.74. The molecular formula is C24H19NO3S. The third kappa shape index (κ3) is 3.61. The fraction of sp³-hybridized carbons (Fsp3) is 0.125. The zero-order valence-electron chi connectivity index (χ0n) is 15.7. The van der Waals surface area contributed by atoms with Crippen molar-refractivity contribution in [1.29, 1.82) is 0 Å². The van der Waals surface area contributed by atoms with Crippen molar-refractivity contribution in [1.82, 2.24) is 0 Å². The lowest BCUT2D eigenvalue weighted by atomic mass is 10.1. The molecule has 1 heterocycles. The lowest BCUT2D eigenvalue weighted by Gasteiger charge is -2.18. The summed E-state index contributed by atoms with van der Waals surface area (Å²) in [7, 11) is -1.29. The van der Waals surface area contributed by atoms with Crippen molar-refractivity contribution in [3.05, 3.63) is 94.9 Å². The highest BCUT2D eigenvalue weighted by molar-refractivity contribution is 7.87. The number of hydrogen-bond acceptors (Lipinski definition) is 3. The van der Waals surface area contributed by atoms with Crippen molar-refractivity contribution in [3.63, 3.8) is 0 Å². The van der Waals surface area contributed by atoms with E-state index in [4.69, 9.17) is 9.47 Å². The zero-order valence-corrected chi connectivity index (χ0v) is 16.5. The Hall–Kier alpha value is -3.18. The second-order valence-electron chi connectivity index (χ2n) is 6.96. The Labute approximate surface area is 172 Å². The third-order valence-electron chi connectivity index (χ3n) is 5.13. The summed E-state index contributed by atoms with van der Waals surface area (Å²) in [5, 5.41) is 1.65. The number of rotatable bonds is 5. The van der Waals surface area contributed by atoms with Crippen LogP contribution in [-0.2, 0) is 17.4 Å². The van der Waals surface area contributed by atoms with Crippen LogP contribution in [0.4, 0.5) is 0 Å². The molecule has 2 atom stereocenters. The average molecular weight is 401 g/mol. The van der Waals surface area contributed by atoms with Crippen molar-refractivity contribution in [2.75, 3.05) is 0 Å². The van der Waals surface area contributed by atoms with Gasteiger partial charge in [0.2, 0.25) is 0 Å². The first-order valence-corrected chi connectivity index (χ1v) is 10.7. The van der Waals surface area contributed by atoms with Gasteiger partial charge in [0.25, 0.3) is 0 Å². The van der Waals surface area contributed by atoms with Crippen LogP contribution in [0.2, 0.25) is 0 Å². The molecule has 0 amide bonds. The van der Waals surface area contributed by atoms with Crippen LogP contribution in [0.1, 0.15) is 29.2 Å². The number of allylic oxidation sites excluding steroid dienone is 1. The quantitative estimate of drug-likeness (QED) is 0.556. The largest absolute Gasteiger partial charge is 0.485 e. The molecule has 2 aliphatic rings. The first-order valence-electron chi connectivity index (χ1n) is 9.55. The van der Waals surface area contributed by atoms with E-state index in [1.807, 2.05) is 66.7 Å². The van der Waals surface area contributed by atoms with E-state index < -0.39 is 11.0 Å². The fourth-order valence-electron chi connectivity index (χ4n) is 3.79. The molecule has 3 aromatic rings. The maximum Gasteiger partial charge on any atom is 0.165 e. The van der Waals surface area contributed by atoms with Crippen LogP contribution in [0.15, 0.2) is 82.6 Å².